The van der Waals surface area contributed by atoms with E-state index in [0.29, 0.717) is 6.42 Å². The molecular formula is C16H34N2O2. The quantitative estimate of drug-likeness (QED) is 0.417. The van der Waals surface area contributed by atoms with Crippen molar-refractivity contribution in [1.29, 1.82) is 0 Å². The average molecular weight is 286 g/mol. The summed E-state index contributed by atoms with van der Waals surface area (Å²) in [7, 11) is 4.16. The first kappa shape index (κ1) is 19.4. The molecule has 0 saturated carbocycles. The predicted molar refractivity (Wildman–Crippen MR) is 85.0 cm³/mol. The Morgan fingerprint density at radius 3 is 2.45 bits per heavy atom. The van der Waals surface area contributed by atoms with Gasteiger partial charge in [0.25, 0.3) is 0 Å². The lowest BCUT2D eigenvalue weighted by molar-refractivity contribution is -0.149. The summed E-state index contributed by atoms with van der Waals surface area (Å²) < 4.78 is 5.49. The normalized spacial score (nSPS) is 12.7. The minimum absolute atomic E-state index is 0.0388. The number of ether oxygens (including phenoxy) is 1. The van der Waals surface area contributed by atoms with Gasteiger partial charge in [-0.15, -0.1) is 0 Å². The van der Waals surface area contributed by atoms with Crippen LogP contribution in [-0.2, 0) is 9.53 Å². The Morgan fingerprint density at radius 1 is 1.15 bits per heavy atom. The molecule has 0 fully saturated rings. The molecule has 0 heterocycles. The Morgan fingerprint density at radius 2 is 1.85 bits per heavy atom. The predicted octanol–water partition coefficient (Wildman–Crippen LogP) is 2.82. The molecule has 1 atom stereocenters. The third-order valence-electron chi connectivity index (χ3n) is 3.33. The topological polar surface area (TPSA) is 41.6 Å². The van der Waals surface area contributed by atoms with Crippen LogP contribution >= 0.6 is 0 Å². The Balaban J connectivity index is 3.47. The lowest BCUT2D eigenvalue weighted by Crippen LogP contribution is -2.23. The number of nitrogens with zero attached hydrogens (tertiary/aromatic N) is 1. The molecule has 4 heteroatoms. The Kier molecular flexibility index (Phi) is 13.0. The summed E-state index contributed by atoms with van der Waals surface area (Å²) in [6, 6.07) is 0. The van der Waals surface area contributed by atoms with Crippen molar-refractivity contribution >= 4 is 5.97 Å². The highest BCUT2D eigenvalue weighted by Crippen LogP contribution is 2.10. The molecule has 0 spiro atoms. The van der Waals surface area contributed by atoms with Crippen LogP contribution in [0.2, 0.25) is 0 Å². The third-order valence-corrected chi connectivity index (χ3v) is 3.33. The first-order valence-electron chi connectivity index (χ1n) is 8.15. The van der Waals surface area contributed by atoms with Gasteiger partial charge in [-0.3, -0.25) is 4.79 Å². The lowest BCUT2D eigenvalue weighted by atomic mass is 10.1. The monoisotopic (exact) mass is 286 g/mol. The van der Waals surface area contributed by atoms with E-state index in [1.807, 2.05) is 0 Å². The molecule has 4 nitrogen and oxygen atoms in total. The van der Waals surface area contributed by atoms with Gasteiger partial charge < -0.3 is 15.0 Å². The summed E-state index contributed by atoms with van der Waals surface area (Å²) in [6.45, 7) is 7.26. The van der Waals surface area contributed by atoms with Crippen LogP contribution in [0.3, 0.4) is 0 Å². The Bertz CT molecular complexity index is 233. The number of nitrogens with one attached hydrogen (secondary N) is 1. The number of rotatable bonds is 13. The van der Waals surface area contributed by atoms with Crippen LogP contribution in [0.15, 0.2) is 0 Å². The van der Waals surface area contributed by atoms with Crippen LogP contribution < -0.4 is 5.32 Å². The summed E-state index contributed by atoms with van der Waals surface area (Å²) in [5, 5.41) is 3.36. The molecule has 0 rings (SSSR count). The van der Waals surface area contributed by atoms with Crippen LogP contribution in [0.1, 0.15) is 58.8 Å². The molecule has 0 aromatic carbocycles. The minimum atomic E-state index is -0.0388. The number of hydrogen-bond acceptors (Lipinski definition) is 4. The largest absolute Gasteiger partial charge is 0.462 e. The van der Waals surface area contributed by atoms with E-state index in [9.17, 15) is 4.79 Å². The van der Waals surface area contributed by atoms with Gasteiger partial charge in [0.2, 0.25) is 0 Å². The van der Waals surface area contributed by atoms with E-state index in [1.165, 1.54) is 0 Å². The maximum Gasteiger partial charge on any atom is 0.306 e. The fourth-order valence-corrected chi connectivity index (χ4v) is 2.03. The highest BCUT2D eigenvalue weighted by atomic mass is 16.5. The first-order valence-corrected chi connectivity index (χ1v) is 8.15. The van der Waals surface area contributed by atoms with E-state index >= 15 is 0 Å². The van der Waals surface area contributed by atoms with Gasteiger partial charge in [-0.2, -0.15) is 0 Å². The fourth-order valence-electron chi connectivity index (χ4n) is 2.03. The van der Waals surface area contributed by atoms with Crippen LogP contribution in [0.5, 0.6) is 0 Å². The zero-order chi connectivity index (χ0) is 15.2. The summed E-state index contributed by atoms with van der Waals surface area (Å²) >= 11 is 0. The van der Waals surface area contributed by atoms with Gasteiger partial charge in [0.15, 0.2) is 0 Å². The van der Waals surface area contributed by atoms with Crippen molar-refractivity contribution < 1.29 is 9.53 Å². The van der Waals surface area contributed by atoms with Gasteiger partial charge in [0.1, 0.15) is 6.10 Å². The molecule has 0 aliphatic heterocycles. The summed E-state index contributed by atoms with van der Waals surface area (Å²) in [5.74, 6) is -0.0388. The lowest BCUT2D eigenvalue weighted by Gasteiger charge is -2.15. The van der Waals surface area contributed by atoms with Gasteiger partial charge in [-0.1, -0.05) is 26.7 Å². The minimum Gasteiger partial charge on any atom is -0.462 e. The number of esters is 1. The van der Waals surface area contributed by atoms with Crippen molar-refractivity contribution in [3.63, 3.8) is 0 Å². The van der Waals surface area contributed by atoms with Gasteiger partial charge in [-0.25, -0.2) is 0 Å². The van der Waals surface area contributed by atoms with Crippen LogP contribution in [0, 0.1) is 0 Å². The zero-order valence-electron chi connectivity index (χ0n) is 13.9. The average Bonchev–Trinajstić information content (AvgIpc) is 2.42. The van der Waals surface area contributed by atoms with Crippen LogP contribution in [0.25, 0.3) is 0 Å². The highest BCUT2D eigenvalue weighted by Gasteiger charge is 2.11. The fraction of sp³-hybridized carbons (Fsp3) is 0.938. The number of unbranched alkanes of at least 4 members (excludes halogenated alkanes) is 1. The Labute approximate surface area is 125 Å². The molecule has 0 saturated heterocycles. The van der Waals surface area contributed by atoms with Crippen molar-refractivity contribution in [3.8, 4) is 0 Å². The molecule has 0 radical (unpaired) electrons. The zero-order valence-corrected chi connectivity index (χ0v) is 13.9. The highest BCUT2D eigenvalue weighted by molar-refractivity contribution is 5.69. The summed E-state index contributed by atoms with van der Waals surface area (Å²) in [4.78, 5) is 13.9. The van der Waals surface area contributed by atoms with Crippen molar-refractivity contribution in [3.05, 3.63) is 0 Å². The smallest absolute Gasteiger partial charge is 0.306 e. The molecular weight excluding hydrogens is 252 g/mol. The Hall–Kier alpha value is -0.610. The third kappa shape index (κ3) is 12.4. The van der Waals surface area contributed by atoms with E-state index in [4.69, 9.17) is 4.74 Å². The molecule has 1 unspecified atom stereocenters. The van der Waals surface area contributed by atoms with E-state index in [0.717, 1.165) is 58.2 Å². The second-order valence-corrected chi connectivity index (χ2v) is 5.67. The van der Waals surface area contributed by atoms with E-state index in [1.54, 1.807) is 0 Å². The first-order chi connectivity index (χ1) is 9.60. The molecule has 0 aromatic rings. The second kappa shape index (κ2) is 13.4. The van der Waals surface area contributed by atoms with E-state index < -0.39 is 0 Å². The van der Waals surface area contributed by atoms with E-state index in [-0.39, 0.29) is 12.1 Å². The summed E-state index contributed by atoms with van der Waals surface area (Å²) in [5.41, 5.74) is 0. The van der Waals surface area contributed by atoms with Gasteiger partial charge >= 0.3 is 5.97 Å². The standard InChI is InChI=1S/C16H34N2O2/c1-5-7-10-15(6-2)20-16(19)11-8-12-17-13-9-14-18(3)4/h15,17H,5-14H2,1-4H3. The van der Waals surface area contributed by atoms with Crippen molar-refractivity contribution in [1.82, 2.24) is 10.2 Å². The van der Waals surface area contributed by atoms with Gasteiger partial charge in [0.05, 0.1) is 0 Å². The molecule has 0 bridgehead atoms. The molecule has 0 amide bonds. The van der Waals surface area contributed by atoms with Crippen molar-refractivity contribution in [2.75, 3.05) is 33.7 Å². The van der Waals surface area contributed by atoms with Gasteiger partial charge in [0, 0.05) is 6.42 Å². The molecule has 20 heavy (non-hydrogen) atoms. The molecule has 1 N–H and O–H groups in total. The maximum atomic E-state index is 11.7. The van der Waals surface area contributed by atoms with Gasteiger partial charge in [-0.05, 0) is 59.4 Å². The van der Waals surface area contributed by atoms with Crippen molar-refractivity contribution in [2.24, 2.45) is 0 Å². The number of hydrogen-bond donors (Lipinski definition) is 1. The van der Waals surface area contributed by atoms with Crippen LogP contribution in [0.4, 0.5) is 0 Å². The summed E-state index contributed by atoms with van der Waals surface area (Å²) in [6.07, 6.45) is 6.89. The SMILES string of the molecule is CCCCC(CC)OC(=O)CCCNCCCN(C)C. The molecule has 0 aliphatic rings. The van der Waals surface area contributed by atoms with Crippen LogP contribution in [-0.4, -0.2) is 50.7 Å². The molecule has 0 aliphatic carbocycles. The molecule has 120 valence electrons. The number of carbonyl (C=O) groups excluding carboxylic acids is 1. The second-order valence-electron chi connectivity index (χ2n) is 5.67. The van der Waals surface area contributed by atoms with E-state index in [2.05, 4.69) is 38.2 Å². The molecule has 0 aromatic heterocycles. The van der Waals surface area contributed by atoms with Crippen molar-refractivity contribution in [2.45, 2.75) is 64.9 Å². The maximum absolute atomic E-state index is 11.7. The number of carbonyl (C=O) groups is 1.